The van der Waals surface area contributed by atoms with Gasteiger partial charge in [0.15, 0.2) is 0 Å². The van der Waals surface area contributed by atoms with Gasteiger partial charge in [0.2, 0.25) is 0 Å². The molecule has 1 heterocycles. The van der Waals surface area contributed by atoms with Crippen molar-refractivity contribution >= 4 is 0 Å². The van der Waals surface area contributed by atoms with Gasteiger partial charge in [-0.2, -0.15) is 5.10 Å². The lowest BCUT2D eigenvalue weighted by Gasteiger charge is -2.21. The van der Waals surface area contributed by atoms with Crippen LogP contribution in [0.25, 0.3) is 0 Å². The Hall–Kier alpha value is -1.61. The summed E-state index contributed by atoms with van der Waals surface area (Å²) in [6.45, 7) is 7.36. The second-order valence-corrected chi connectivity index (χ2v) is 4.73. The zero-order valence-corrected chi connectivity index (χ0v) is 11.6. The van der Waals surface area contributed by atoms with Gasteiger partial charge >= 0.3 is 0 Å². The van der Waals surface area contributed by atoms with Gasteiger partial charge in [0.25, 0.3) is 0 Å². The number of rotatable bonds is 4. The molecule has 3 heteroatoms. The van der Waals surface area contributed by atoms with E-state index < -0.39 is 0 Å². The van der Waals surface area contributed by atoms with Gasteiger partial charge in [-0.05, 0) is 37.6 Å². The van der Waals surface area contributed by atoms with E-state index in [9.17, 15) is 0 Å². The van der Waals surface area contributed by atoms with Gasteiger partial charge in [-0.15, -0.1) is 0 Å². The van der Waals surface area contributed by atoms with Crippen LogP contribution in [0.5, 0.6) is 0 Å². The van der Waals surface area contributed by atoms with Crippen molar-refractivity contribution in [3.63, 3.8) is 0 Å². The minimum Gasteiger partial charge on any atom is -0.305 e. The number of aryl methyl sites for hydroxylation is 3. The third-order valence-corrected chi connectivity index (χ3v) is 3.30. The Labute approximate surface area is 109 Å². The van der Waals surface area contributed by atoms with Gasteiger partial charge in [0, 0.05) is 13.2 Å². The summed E-state index contributed by atoms with van der Waals surface area (Å²) in [5, 5.41) is 7.81. The van der Waals surface area contributed by atoms with Crippen molar-refractivity contribution in [1.82, 2.24) is 15.1 Å². The third-order valence-electron chi connectivity index (χ3n) is 3.30. The summed E-state index contributed by atoms with van der Waals surface area (Å²) in [5.41, 5.74) is 5.15. The van der Waals surface area contributed by atoms with Crippen molar-refractivity contribution in [2.24, 2.45) is 7.05 Å². The van der Waals surface area contributed by atoms with E-state index in [-0.39, 0.29) is 6.04 Å². The molecule has 0 fully saturated rings. The number of benzene rings is 1. The van der Waals surface area contributed by atoms with Crippen LogP contribution in [0.4, 0.5) is 0 Å². The van der Waals surface area contributed by atoms with E-state index in [0.717, 1.165) is 6.54 Å². The first-order valence-corrected chi connectivity index (χ1v) is 6.42. The Bertz CT molecular complexity index is 528. The topological polar surface area (TPSA) is 29.9 Å². The lowest BCUT2D eigenvalue weighted by molar-refractivity contribution is 0.570. The normalized spacial score (nSPS) is 12.7. The molecule has 3 nitrogen and oxygen atoms in total. The highest BCUT2D eigenvalue weighted by molar-refractivity contribution is 5.37. The fraction of sp³-hybridized carbons (Fsp3) is 0.400. The first-order chi connectivity index (χ1) is 8.63. The molecule has 1 aromatic carbocycles. The van der Waals surface area contributed by atoms with E-state index in [1.165, 1.54) is 22.4 Å². The quantitative estimate of drug-likeness (QED) is 0.895. The molecule has 2 aromatic rings. The van der Waals surface area contributed by atoms with Crippen LogP contribution in [0.3, 0.4) is 0 Å². The number of nitrogens with zero attached hydrogens (tertiary/aromatic N) is 2. The molecule has 0 aliphatic heterocycles. The predicted octanol–water partition coefficient (Wildman–Crippen LogP) is 2.74. The van der Waals surface area contributed by atoms with E-state index in [1.54, 1.807) is 0 Å². The standard InChI is InChI=1S/C15H21N3/c1-5-16-15(14-8-9-17-18(14)4)13-7-6-11(2)10-12(13)3/h6-10,15-16H,5H2,1-4H3. The predicted molar refractivity (Wildman–Crippen MR) is 74.6 cm³/mol. The molecular formula is C15H21N3. The van der Waals surface area contributed by atoms with Crippen LogP contribution in [0.2, 0.25) is 0 Å². The number of aromatic nitrogens is 2. The van der Waals surface area contributed by atoms with Gasteiger partial charge in [-0.3, -0.25) is 4.68 Å². The smallest absolute Gasteiger partial charge is 0.0750 e. The van der Waals surface area contributed by atoms with Gasteiger partial charge in [0.05, 0.1) is 11.7 Å². The van der Waals surface area contributed by atoms with E-state index in [4.69, 9.17) is 0 Å². The maximum Gasteiger partial charge on any atom is 0.0750 e. The van der Waals surface area contributed by atoms with E-state index in [2.05, 4.69) is 55.5 Å². The van der Waals surface area contributed by atoms with Gasteiger partial charge in [-0.1, -0.05) is 30.7 Å². The van der Waals surface area contributed by atoms with Crippen LogP contribution < -0.4 is 5.32 Å². The molecule has 18 heavy (non-hydrogen) atoms. The summed E-state index contributed by atoms with van der Waals surface area (Å²) in [6, 6.07) is 8.90. The van der Waals surface area contributed by atoms with Crippen molar-refractivity contribution in [3.8, 4) is 0 Å². The van der Waals surface area contributed by atoms with Crippen molar-refractivity contribution in [3.05, 3.63) is 52.8 Å². The Morgan fingerprint density at radius 3 is 2.61 bits per heavy atom. The second kappa shape index (κ2) is 5.36. The summed E-state index contributed by atoms with van der Waals surface area (Å²) >= 11 is 0. The molecule has 2 rings (SSSR count). The van der Waals surface area contributed by atoms with Crippen LogP contribution >= 0.6 is 0 Å². The summed E-state index contributed by atoms with van der Waals surface area (Å²) < 4.78 is 1.94. The minimum atomic E-state index is 0.211. The van der Waals surface area contributed by atoms with Crippen LogP contribution in [0, 0.1) is 13.8 Å². The Morgan fingerprint density at radius 2 is 2.06 bits per heavy atom. The SMILES string of the molecule is CCNC(c1ccc(C)cc1C)c1ccnn1C. The average molecular weight is 243 g/mol. The fourth-order valence-corrected chi connectivity index (χ4v) is 2.39. The first-order valence-electron chi connectivity index (χ1n) is 6.42. The first kappa shape index (κ1) is 12.8. The molecule has 1 atom stereocenters. The minimum absolute atomic E-state index is 0.211. The van der Waals surface area contributed by atoms with Gasteiger partial charge in [0.1, 0.15) is 0 Å². The molecule has 96 valence electrons. The number of hydrogen-bond donors (Lipinski definition) is 1. The summed E-state index contributed by atoms with van der Waals surface area (Å²) in [5.74, 6) is 0. The molecule has 0 aliphatic rings. The molecule has 0 amide bonds. The monoisotopic (exact) mass is 243 g/mol. The largest absolute Gasteiger partial charge is 0.305 e. The molecule has 0 spiro atoms. The molecular weight excluding hydrogens is 222 g/mol. The van der Waals surface area contributed by atoms with Crippen LogP contribution in [0.15, 0.2) is 30.5 Å². The molecule has 0 aliphatic carbocycles. The average Bonchev–Trinajstić information content (AvgIpc) is 2.73. The van der Waals surface area contributed by atoms with Crippen molar-refractivity contribution in [2.75, 3.05) is 6.54 Å². The van der Waals surface area contributed by atoms with Gasteiger partial charge in [-0.25, -0.2) is 0 Å². The van der Waals surface area contributed by atoms with E-state index >= 15 is 0 Å². The molecule has 1 aromatic heterocycles. The van der Waals surface area contributed by atoms with Crippen molar-refractivity contribution in [2.45, 2.75) is 26.8 Å². The van der Waals surface area contributed by atoms with Crippen LogP contribution in [-0.4, -0.2) is 16.3 Å². The Kier molecular flexibility index (Phi) is 3.82. The van der Waals surface area contributed by atoms with Crippen LogP contribution in [-0.2, 0) is 7.05 Å². The highest BCUT2D eigenvalue weighted by Gasteiger charge is 2.17. The van der Waals surface area contributed by atoms with Gasteiger partial charge < -0.3 is 5.32 Å². The summed E-state index contributed by atoms with van der Waals surface area (Å²) in [4.78, 5) is 0. The lowest BCUT2D eigenvalue weighted by atomic mass is 9.97. The molecule has 1 N–H and O–H groups in total. The Morgan fingerprint density at radius 1 is 1.28 bits per heavy atom. The molecule has 1 unspecified atom stereocenters. The molecule has 0 saturated carbocycles. The highest BCUT2D eigenvalue weighted by Crippen LogP contribution is 2.25. The zero-order chi connectivity index (χ0) is 13.1. The summed E-state index contributed by atoms with van der Waals surface area (Å²) in [6.07, 6.45) is 1.85. The maximum absolute atomic E-state index is 4.27. The summed E-state index contributed by atoms with van der Waals surface area (Å²) in [7, 11) is 1.99. The second-order valence-electron chi connectivity index (χ2n) is 4.73. The maximum atomic E-state index is 4.27. The number of hydrogen-bond acceptors (Lipinski definition) is 2. The third kappa shape index (κ3) is 2.46. The van der Waals surface area contributed by atoms with Crippen molar-refractivity contribution < 1.29 is 0 Å². The Balaban J connectivity index is 2.45. The zero-order valence-electron chi connectivity index (χ0n) is 11.6. The molecule has 0 radical (unpaired) electrons. The van der Waals surface area contributed by atoms with E-state index in [0.29, 0.717) is 0 Å². The number of nitrogens with one attached hydrogen (secondary N) is 1. The molecule has 0 saturated heterocycles. The van der Waals surface area contributed by atoms with Crippen LogP contribution in [0.1, 0.15) is 35.3 Å². The highest BCUT2D eigenvalue weighted by atomic mass is 15.3. The fourth-order valence-electron chi connectivity index (χ4n) is 2.39. The molecule has 0 bridgehead atoms. The van der Waals surface area contributed by atoms with Crippen molar-refractivity contribution in [1.29, 1.82) is 0 Å². The van der Waals surface area contributed by atoms with E-state index in [1.807, 2.05) is 17.9 Å². The lowest BCUT2D eigenvalue weighted by Crippen LogP contribution is -2.25.